The van der Waals surface area contributed by atoms with E-state index in [9.17, 15) is 13.2 Å². The Bertz CT molecular complexity index is 745. The van der Waals surface area contributed by atoms with Gasteiger partial charge in [-0.15, -0.1) is 0 Å². The summed E-state index contributed by atoms with van der Waals surface area (Å²) in [6.07, 6.45) is 6.32. The molecule has 2 fully saturated rings. The van der Waals surface area contributed by atoms with Crippen molar-refractivity contribution in [3.05, 3.63) is 18.2 Å². The normalized spacial score (nSPS) is 24.4. The van der Waals surface area contributed by atoms with E-state index in [1.807, 2.05) is 0 Å². The van der Waals surface area contributed by atoms with Gasteiger partial charge in [-0.2, -0.15) is 4.31 Å². The number of rotatable bonds is 4. The minimum absolute atomic E-state index is 0.0848. The molecule has 0 bridgehead atoms. The Morgan fingerprint density at radius 1 is 1.20 bits per heavy atom. The number of carbonyl (C=O) groups is 1. The maximum atomic E-state index is 13.4. The van der Waals surface area contributed by atoms with Gasteiger partial charge in [0.25, 0.3) is 0 Å². The summed E-state index contributed by atoms with van der Waals surface area (Å²) in [5.74, 6) is 0.535. The third kappa shape index (κ3) is 3.67. The number of amides is 1. The number of hydrogen-bond donors (Lipinski definition) is 1. The fourth-order valence-electron chi connectivity index (χ4n) is 4.16. The molecule has 0 spiro atoms. The van der Waals surface area contributed by atoms with Gasteiger partial charge in [-0.05, 0) is 49.8 Å². The van der Waals surface area contributed by atoms with Crippen molar-refractivity contribution in [3.8, 4) is 5.75 Å². The summed E-state index contributed by atoms with van der Waals surface area (Å²) in [6.45, 7) is 1.95. The lowest BCUT2D eigenvalue weighted by molar-refractivity contribution is -0.114. The number of anilines is 1. The topological polar surface area (TPSA) is 75.7 Å². The Balaban J connectivity index is 1.99. The second kappa shape index (κ2) is 7.33. The van der Waals surface area contributed by atoms with E-state index in [1.54, 1.807) is 16.4 Å². The Labute approximate surface area is 149 Å². The van der Waals surface area contributed by atoms with Crippen molar-refractivity contribution in [1.82, 2.24) is 4.31 Å². The highest BCUT2D eigenvalue weighted by atomic mass is 32.2. The number of ether oxygens (including phenoxy) is 1. The monoisotopic (exact) mass is 366 g/mol. The summed E-state index contributed by atoms with van der Waals surface area (Å²) in [6, 6.07) is 4.84. The highest BCUT2D eigenvalue weighted by molar-refractivity contribution is 7.89. The van der Waals surface area contributed by atoms with Gasteiger partial charge in [-0.25, -0.2) is 8.42 Å². The van der Waals surface area contributed by atoms with Gasteiger partial charge in [0.05, 0.1) is 7.11 Å². The summed E-state index contributed by atoms with van der Waals surface area (Å²) < 4.78 is 33.8. The number of fused-ring (bicyclic) bond motifs is 1. The van der Waals surface area contributed by atoms with Crippen LogP contribution in [0.2, 0.25) is 0 Å². The molecule has 1 aromatic rings. The predicted molar refractivity (Wildman–Crippen MR) is 96.2 cm³/mol. The number of piperidine rings is 1. The van der Waals surface area contributed by atoms with Crippen molar-refractivity contribution in [2.24, 2.45) is 5.92 Å². The number of nitrogens with zero attached hydrogens (tertiary/aromatic N) is 1. The summed E-state index contributed by atoms with van der Waals surface area (Å²) in [5, 5.41) is 2.65. The van der Waals surface area contributed by atoms with Crippen LogP contribution in [0.25, 0.3) is 0 Å². The van der Waals surface area contributed by atoms with Crippen LogP contribution in [0.15, 0.2) is 23.1 Å². The molecule has 2 unspecified atom stereocenters. The van der Waals surface area contributed by atoms with E-state index >= 15 is 0 Å². The first-order chi connectivity index (χ1) is 11.9. The average molecular weight is 366 g/mol. The van der Waals surface area contributed by atoms with Crippen molar-refractivity contribution in [2.45, 2.75) is 56.4 Å². The maximum Gasteiger partial charge on any atom is 0.247 e. The molecule has 2 atom stereocenters. The van der Waals surface area contributed by atoms with Crippen molar-refractivity contribution in [3.63, 3.8) is 0 Å². The molecule has 1 aliphatic carbocycles. The van der Waals surface area contributed by atoms with Gasteiger partial charge in [0, 0.05) is 25.2 Å². The Kier molecular flexibility index (Phi) is 5.34. The van der Waals surface area contributed by atoms with Gasteiger partial charge in [0.15, 0.2) is 0 Å². The van der Waals surface area contributed by atoms with E-state index in [1.165, 1.54) is 26.5 Å². The van der Waals surface area contributed by atoms with E-state index in [4.69, 9.17) is 4.74 Å². The molecule has 1 amide bonds. The highest BCUT2D eigenvalue weighted by Crippen LogP contribution is 2.40. The molecule has 7 heteroatoms. The SMILES string of the molecule is COc1ccc(NC(C)=O)cc1S(=O)(=O)N1CCCC2CCCCC21. The second-order valence-corrected chi connectivity index (χ2v) is 8.78. The predicted octanol–water partition coefficient (Wildman–Crippen LogP) is 3.00. The Hall–Kier alpha value is -1.60. The van der Waals surface area contributed by atoms with Gasteiger partial charge >= 0.3 is 0 Å². The van der Waals surface area contributed by atoms with Crippen molar-refractivity contribution >= 4 is 21.6 Å². The van der Waals surface area contributed by atoms with Crippen LogP contribution in [0, 0.1) is 5.92 Å². The molecule has 1 aromatic carbocycles. The van der Waals surface area contributed by atoms with Crippen LogP contribution in [-0.4, -0.2) is 38.3 Å². The molecule has 25 heavy (non-hydrogen) atoms. The van der Waals surface area contributed by atoms with Crippen LogP contribution in [0.4, 0.5) is 5.69 Å². The smallest absolute Gasteiger partial charge is 0.247 e. The molecule has 2 aliphatic rings. The molecule has 1 saturated heterocycles. The third-order valence-electron chi connectivity index (χ3n) is 5.26. The molecule has 0 radical (unpaired) electrons. The van der Waals surface area contributed by atoms with Gasteiger partial charge in [0.2, 0.25) is 15.9 Å². The van der Waals surface area contributed by atoms with Crippen LogP contribution in [0.5, 0.6) is 5.75 Å². The molecular weight excluding hydrogens is 340 g/mol. The molecule has 138 valence electrons. The number of methoxy groups -OCH3 is 1. The lowest BCUT2D eigenvalue weighted by Gasteiger charge is -2.43. The van der Waals surface area contributed by atoms with Crippen molar-refractivity contribution in [2.75, 3.05) is 19.0 Å². The Morgan fingerprint density at radius 3 is 2.64 bits per heavy atom. The first kappa shape index (κ1) is 18.2. The number of benzene rings is 1. The number of carbonyl (C=O) groups excluding carboxylic acids is 1. The summed E-state index contributed by atoms with van der Waals surface area (Å²) in [7, 11) is -2.21. The highest BCUT2D eigenvalue weighted by Gasteiger charge is 2.41. The fourth-order valence-corrected chi connectivity index (χ4v) is 6.10. The largest absolute Gasteiger partial charge is 0.495 e. The lowest BCUT2D eigenvalue weighted by atomic mass is 9.79. The second-order valence-electron chi connectivity index (χ2n) is 6.92. The van der Waals surface area contributed by atoms with Crippen LogP contribution < -0.4 is 10.1 Å². The zero-order valence-electron chi connectivity index (χ0n) is 14.8. The molecule has 1 aliphatic heterocycles. The van der Waals surface area contributed by atoms with E-state index in [-0.39, 0.29) is 16.8 Å². The van der Waals surface area contributed by atoms with E-state index < -0.39 is 10.0 Å². The third-order valence-corrected chi connectivity index (χ3v) is 7.21. The van der Waals surface area contributed by atoms with Crippen LogP contribution in [0.3, 0.4) is 0 Å². The van der Waals surface area contributed by atoms with Crippen molar-refractivity contribution < 1.29 is 17.9 Å². The van der Waals surface area contributed by atoms with E-state index in [2.05, 4.69) is 5.32 Å². The zero-order chi connectivity index (χ0) is 18.0. The summed E-state index contributed by atoms with van der Waals surface area (Å²) >= 11 is 0. The minimum atomic E-state index is -3.68. The number of hydrogen-bond acceptors (Lipinski definition) is 4. The molecule has 1 heterocycles. The minimum Gasteiger partial charge on any atom is -0.495 e. The standard InChI is InChI=1S/C18H26N2O4S/c1-13(21)19-15-9-10-17(24-2)18(12-15)25(22,23)20-11-5-7-14-6-3-4-8-16(14)20/h9-10,12,14,16H,3-8,11H2,1-2H3,(H,19,21). The zero-order valence-corrected chi connectivity index (χ0v) is 15.6. The summed E-state index contributed by atoms with van der Waals surface area (Å²) in [5.41, 5.74) is 0.462. The maximum absolute atomic E-state index is 13.4. The van der Waals surface area contributed by atoms with Gasteiger partial charge in [-0.1, -0.05) is 12.8 Å². The number of sulfonamides is 1. The molecule has 3 rings (SSSR count). The first-order valence-electron chi connectivity index (χ1n) is 8.91. The van der Waals surface area contributed by atoms with E-state index in [0.29, 0.717) is 23.9 Å². The van der Waals surface area contributed by atoms with Crippen LogP contribution in [-0.2, 0) is 14.8 Å². The molecular formula is C18H26N2O4S. The average Bonchev–Trinajstić information content (AvgIpc) is 2.60. The molecule has 1 N–H and O–H groups in total. The Morgan fingerprint density at radius 2 is 1.92 bits per heavy atom. The fraction of sp³-hybridized carbons (Fsp3) is 0.611. The number of nitrogens with one attached hydrogen (secondary N) is 1. The van der Waals surface area contributed by atoms with Gasteiger partial charge < -0.3 is 10.1 Å². The van der Waals surface area contributed by atoms with Crippen molar-refractivity contribution in [1.29, 1.82) is 0 Å². The quantitative estimate of drug-likeness (QED) is 0.889. The molecule has 6 nitrogen and oxygen atoms in total. The molecule has 0 aromatic heterocycles. The molecule has 1 saturated carbocycles. The van der Waals surface area contributed by atoms with E-state index in [0.717, 1.165) is 32.1 Å². The van der Waals surface area contributed by atoms with Gasteiger partial charge in [0.1, 0.15) is 10.6 Å². The van der Waals surface area contributed by atoms with Crippen LogP contribution >= 0.6 is 0 Å². The lowest BCUT2D eigenvalue weighted by Crippen LogP contribution is -2.49. The van der Waals surface area contributed by atoms with Gasteiger partial charge in [-0.3, -0.25) is 4.79 Å². The first-order valence-corrected chi connectivity index (χ1v) is 10.3. The van der Waals surface area contributed by atoms with Crippen LogP contribution in [0.1, 0.15) is 45.4 Å². The summed E-state index contributed by atoms with van der Waals surface area (Å²) in [4.78, 5) is 11.4.